The first kappa shape index (κ1) is 31.3. The zero-order valence-corrected chi connectivity index (χ0v) is 26.1. The molecule has 12 nitrogen and oxygen atoms in total. The second kappa shape index (κ2) is 11.9. The Hall–Kier alpha value is -5.71. The number of imidazole rings is 1. The molecule has 1 aromatic carbocycles. The van der Waals surface area contributed by atoms with E-state index < -0.39 is 40.7 Å². The number of pyridine rings is 2. The fourth-order valence-electron chi connectivity index (χ4n) is 6.11. The summed E-state index contributed by atoms with van der Waals surface area (Å²) in [7, 11) is 3.28. The third-order valence-corrected chi connectivity index (χ3v) is 8.32. The van der Waals surface area contributed by atoms with Gasteiger partial charge < -0.3 is 15.2 Å². The molecule has 0 saturated carbocycles. The van der Waals surface area contributed by atoms with Gasteiger partial charge in [0.25, 0.3) is 5.91 Å². The van der Waals surface area contributed by atoms with Crippen LogP contribution < -0.4 is 11.0 Å². The molecular formula is C33H31F2N9O3. The van der Waals surface area contributed by atoms with Gasteiger partial charge in [-0.3, -0.25) is 23.8 Å². The van der Waals surface area contributed by atoms with Crippen LogP contribution in [-0.4, -0.2) is 64.1 Å². The first-order valence-corrected chi connectivity index (χ1v) is 14.9. The molecule has 0 bridgehead atoms. The average Bonchev–Trinajstić information content (AvgIpc) is 3.57. The van der Waals surface area contributed by atoms with Crippen molar-refractivity contribution < 1.29 is 18.4 Å². The summed E-state index contributed by atoms with van der Waals surface area (Å²) >= 11 is 0. The van der Waals surface area contributed by atoms with Gasteiger partial charge >= 0.3 is 5.69 Å². The maximum absolute atomic E-state index is 15.6. The van der Waals surface area contributed by atoms with E-state index in [0.29, 0.717) is 40.0 Å². The molecule has 2 N–H and O–H groups in total. The minimum Gasteiger partial charge on any atom is -0.349 e. The summed E-state index contributed by atoms with van der Waals surface area (Å²) in [6.07, 6.45) is 5.04. The van der Waals surface area contributed by atoms with Crippen molar-refractivity contribution in [3.8, 4) is 17.3 Å². The summed E-state index contributed by atoms with van der Waals surface area (Å²) in [5.74, 6) is -2.38. The van der Waals surface area contributed by atoms with Crippen molar-refractivity contribution >= 4 is 23.0 Å². The predicted octanol–water partition coefficient (Wildman–Crippen LogP) is 2.95. The van der Waals surface area contributed by atoms with Crippen molar-refractivity contribution in [3.05, 3.63) is 99.0 Å². The molecule has 0 fully saturated rings. The average molecular weight is 640 g/mol. The van der Waals surface area contributed by atoms with Crippen LogP contribution in [0, 0.1) is 23.0 Å². The summed E-state index contributed by atoms with van der Waals surface area (Å²) in [5, 5.41) is 17.1. The molecule has 0 aliphatic carbocycles. The number of hydrogen-bond acceptors (Lipinski definition) is 7. The van der Waals surface area contributed by atoms with E-state index in [2.05, 4.69) is 31.4 Å². The van der Waals surface area contributed by atoms with Gasteiger partial charge in [-0.2, -0.15) is 10.4 Å². The third kappa shape index (κ3) is 5.99. The van der Waals surface area contributed by atoms with Gasteiger partial charge in [0.1, 0.15) is 23.7 Å². The molecule has 6 rings (SSSR count). The maximum Gasteiger partial charge on any atom is 0.327 e. The number of aromatic amines is 1. The number of carbonyl (C=O) groups excluding carboxylic acids is 2. The molecule has 1 aliphatic heterocycles. The van der Waals surface area contributed by atoms with Crippen LogP contribution in [0.1, 0.15) is 46.6 Å². The number of hydrogen-bond donors (Lipinski definition) is 2. The standard InChI is InChI=1S/C33H31F2N9O3/c1-33(2,13-21-6-5-20(34)16-37-21)41-30(45)26(11-18-15-38-42(3)17-18)44-10-9-22-23(7-8-24(35)27(22)31(44)46)28-19(14-36)12-25-29(40-28)43(4)32(47)39-25/h5-8,12,15-17,26H,9-11,13H2,1-4H3,(H,39,47)(H,41,45). The Kier molecular flexibility index (Phi) is 7.92. The van der Waals surface area contributed by atoms with Crippen molar-refractivity contribution in [2.45, 2.75) is 44.7 Å². The molecular weight excluding hydrogens is 608 g/mol. The first-order valence-electron chi connectivity index (χ1n) is 14.9. The monoisotopic (exact) mass is 639 g/mol. The highest BCUT2D eigenvalue weighted by Crippen LogP contribution is 2.34. The molecule has 240 valence electrons. The lowest BCUT2D eigenvalue weighted by atomic mass is 9.89. The number of rotatable bonds is 8. The molecule has 0 radical (unpaired) electrons. The summed E-state index contributed by atoms with van der Waals surface area (Å²) in [5.41, 5.74) is 1.62. The largest absolute Gasteiger partial charge is 0.349 e. The molecule has 1 atom stereocenters. The Balaban J connectivity index is 1.36. The van der Waals surface area contributed by atoms with Gasteiger partial charge in [-0.15, -0.1) is 0 Å². The topological polar surface area (TPSA) is 155 Å². The molecule has 1 unspecified atom stereocenters. The van der Waals surface area contributed by atoms with E-state index in [1.165, 1.54) is 34.7 Å². The minimum absolute atomic E-state index is 0.0767. The highest BCUT2D eigenvalue weighted by molar-refractivity contribution is 6.02. The van der Waals surface area contributed by atoms with E-state index in [1.54, 1.807) is 44.0 Å². The van der Waals surface area contributed by atoms with Crippen LogP contribution in [0.2, 0.25) is 0 Å². The molecule has 14 heteroatoms. The van der Waals surface area contributed by atoms with E-state index in [0.717, 1.165) is 12.3 Å². The van der Waals surface area contributed by atoms with Crippen molar-refractivity contribution in [2.75, 3.05) is 6.54 Å². The van der Waals surface area contributed by atoms with Crippen LogP contribution in [0.15, 0.2) is 53.7 Å². The van der Waals surface area contributed by atoms with E-state index in [4.69, 9.17) is 0 Å². The number of carbonyl (C=O) groups is 2. The second-order valence-corrected chi connectivity index (χ2v) is 12.3. The molecule has 0 spiro atoms. The van der Waals surface area contributed by atoms with Gasteiger partial charge in [0.05, 0.1) is 34.7 Å². The van der Waals surface area contributed by atoms with Gasteiger partial charge in [0, 0.05) is 56.5 Å². The number of H-pyrrole nitrogens is 1. The predicted molar refractivity (Wildman–Crippen MR) is 167 cm³/mol. The quantitative estimate of drug-likeness (QED) is 0.265. The molecule has 0 saturated heterocycles. The Morgan fingerprint density at radius 2 is 1.96 bits per heavy atom. The summed E-state index contributed by atoms with van der Waals surface area (Å²) in [6, 6.07) is 8.03. The SMILES string of the molecule is Cn1cc(CC(C(=O)NC(C)(C)Cc2ccc(F)cn2)N2CCc3c(-c4nc5c(cc4C#N)[nH]c(=O)n5C)ccc(F)c3C2=O)cn1. The number of fused-ring (bicyclic) bond motifs is 2. The number of halogens is 2. The third-order valence-electron chi connectivity index (χ3n) is 8.32. The molecule has 5 heterocycles. The number of amides is 2. The number of benzene rings is 1. The van der Waals surface area contributed by atoms with Crippen molar-refractivity contribution in [1.82, 2.24) is 39.5 Å². The Bertz CT molecular complexity index is 2140. The lowest BCUT2D eigenvalue weighted by molar-refractivity contribution is -0.127. The van der Waals surface area contributed by atoms with Crippen LogP contribution in [0.3, 0.4) is 0 Å². The molecule has 2 amide bonds. The van der Waals surface area contributed by atoms with Crippen LogP contribution in [0.5, 0.6) is 0 Å². The zero-order valence-electron chi connectivity index (χ0n) is 26.1. The van der Waals surface area contributed by atoms with Gasteiger partial charge in [0.2, 0.25) is 5.91 Å². The fourth-order valence-corrected chi connectivity index (χ4v) is 6.11. The van der Waals surface area contributed by atoms with Gasteiger partial charge in [0.15, 0.2) is 5.65 Å². The van der Waals surface area contributed by atoms with Gasteiger partial charge in [-0.05, 0) is 61.7 Å². The van der Waals surface area contributed by atoms with Gasteiger partial charge in [-0.25, -0.2) is 18.6 Å². The Morgan fingerprint density at radius 1 is 1.17 bits per heavy atom. The van der Waals surface area contributed by atoms with Crippen molar-refractivity contribution in [1.29, 1.82) is 5.26 Å². The second-order valence-electron chi connectivity index (χ2n) is 12.3. The number of nitrogens with zero attached hydrogens (tertiary/aromatic N) is 7. The number of aromatic nitrogens is 6. The van der Waals surface area contributed by atoms with Crippen molar-refractivity contribution in [3.63, 3.8) is 0 Å². The van der Waals surface area contributed by atoms with E-state index in [-0.39, 0.29) is 36.2 Å². The number of nitrogens with one attached hydrogen (secondary N) is 2. The van der Waals surface area contributed by atoms with Crippen LogP contribution in [-0.2, 0) is 38.2 Å². The van der Waals surface area contributed by atoms with Crippen LogP contribution in [0.25, 0.3) is 22.4 Å². The fraction of sp³-hybridized carbons (Fsp3) is 0.303. The highest BCUT2D eigenvalue weighted by atomic mass is 19.1. The van der Waals surface area contributed by atoms with E-state index in [1.807, 2.05) is 0 Å². The Morgan fingerprint density at radius 3 is 2.64 bits per heavy atom. The summed E-state index contributed by atoms with van der Waals surface area (Å²) in [4.78, 5) is 53.1. The van der Waals surface area contributed by atoms with Gasteiger partial charge in [-0.1, -0.05) is 0 Å². The number of aryl methyl sites for hydroxylation is 2. The smallest absolute Gasteiger partial charge is 0.327 e. The normalized spacial score (nSPS) is 13.8. The minimum atomic E-state index is -1.03. The van der Waals surface area contributed by atoms with Crippen LogP contribution in [0.4, 0.5) is 8.78 Å². The molecule has 47 heavy (non-hydrogen) atoms. The highest BCUT2D eigenvalue weighted by Gasteiger charge is 2.39. The van der Waals surface area contributed by atoms with E-state index >= 15 is 4.39 Å². The van der Waals surface area contributed by atoms with E-state index in [9.17, 15) is 24.0 Å². The lowest BCUT2D eigenvalue weighted by Crippen LogP contribution is -2.57. The lowest BCUT2D eigenvalue weighted by Gasteiger charge is -2.37. The van der Waals surface area contributed by atoms with Crippen molar-refractivity contribution in [2.24, 2.45) is 14.1 Å². The Labute approximate surface area is 267 Å². The molecule has 1 aliphatic rings. The van der Waals surface area contributed by atoms with Crippen LogP contribution >= 0.6 is 0 Å². The molecule has 4 aromatic heterocycles. The maximum atomic E-state index is 15.6. The summed E-state index contributed by atoms with van der Waals surface area (Å²) in [6.45, 7) is 3.67. The zero-order chi connectivity index (χ0) is 33.6. The molecule has 5 aromatic rings. The first-order chi connectivity index (χ1) is 22.3. The number of nitriles is 1. The summed E-state index contributed by atoms with van der Waals surface area (Å²) < 4.78 is 31.9.